The smallest absolute Gasteiger partial charge is 0.351 e. The molecule has 4 aromatic carbocycles. The molecule has 45 heavy (non-hydrogen) atoms. The molecule has 11 heteroatoms. The fourth-order valence-electron chi connectivity index (χ4n) is 5.98. The van der Waals surface area contributed by atoms with Crippen molar-refractivity contribution in [3.8, 4) is 6.07 Å². The third-order valence-electron chi connectivity index (χ3n) is 8.35. The van der Waals surface area contributed by atoms with Gasteiger partial charge in [0.15, 0.2) is 10.8 Å². The number of rotatable bonds is 9. The molecule has 1 heterocycles. The fraction of sp³-hybridized carbons (Fsp3) is 0.294. The van der Waals surface area contributed by atoms with Crippen LogP contribution < -0.4 is 5.32 Å². The number of nitrogens with one attached hydrogen (secondary N) is 1. The first-order valence-corrected chi connectivity index (χ1v) is 16.4. The summed E-state index contributed by atoms with van der Waals surface area (Å²) in [6.45, 7) is 2.30. The number of carbonyl (C=O) groups excluding carboxylic acids is 1. The van der Waals surface area contributed by atoms with Crippen LogP contribution in [0, 0.1) is 11.3 Å². The molecular formula is C34H30Cl2F3N3O2S. The Hall–Kier alpha value is -3.42. The number of likely N-dealkylation sites (tertiary alicyclic amines) is 1. The second-order valence-corrected chi connectivity index (χ2v) is 13.3. The van der Waals surface area contributed by atoms with E-state index in [1.807, 2.05) is 36.4 Å². The highest BCUT2D eigenvalue weighted by molar-refractivity contribution is 7.86. The maximum absolute atomic E-state index is 13.5. The molecule has 5 nitrogen and oxygen atoms in total. The number of hydrogen-bond donors (Lipinski definition) is 1. The first-order valence-electron chi connectivity index (χ1n) is 14.5. The van der Waals surface area contributed by atoms with E-state index >= 15 is 0 Å². The van der Waals surface area contributed by atoms with Gasteiger partial charge in [-0.15, -0.1) is 0 Å². The maximum atomic E-state index is 13.5. The number of halogens is 5. The molecule has 0 aliphatic carbocycles. The monoisotopic (exact) mass is 671 g/mol. The minimum absolute atomic E-state index is 0.121. The Kier molecular flexibility index (Phi) is 10.5. The highest BCUT2D eigenvalue weighted by Crippen LogP contribution is 2.36. The van der Waals surface area contributed by atoms with Gasteiger partial charge in [-0.05, 0) is 91.0 Å². The highest BCUT2D eigenvalue weighted by atomic mass is 35.5. The van der Waals surface area contributed by atoms with E-state index in [9.17, 15) is 27.4 Å². The molecule has 0 aromatic heterocycles. The average molecular weight is 673 g/mol. The van der Waals surface area contributed by atoms with Crippen molar-refractivity contribution >= 4 is 50.7 Å². The van der Waals surface area contributed by atoms with E-state index in [4.69, 9.17) is 23.2 Å². The summed E-state index contributed by atoms with van der Waals surface area (Å²) in [6.07, 6.45) is 1.94. The van der Waals surface area contributed by atoms with Crippen molar-refractivity contribution in [3.63, 3.8) is 0 Å². The van der Waals surface area contributed by atoms with Crippen molar-refractivity contribution in [2.75, 3.05) is 26.2 Å². The Bertz CT molecular complexity index is 1770. The summed E-state index contributed by atoms with van der Waals surface area (Å²) in [6, 6.07) is 24.5. The third-order valence-corrected chi connectivity index (χ3v) is 10.3. The van der Waals surface area contributed by atoms with E-state index in [0.717, 1.165) is 10.9 Å². The molecule has 0 bridgehead atoms. The quantitative estimate of drug-likeness (QED) is 0.194. The number of nitrogens with zero attached hydrogens (tertiary/aromatic N) is 2. The van der Waals surface area contributed by atoms with Crippen LogP contribution >= 0.6 is 23.2 Å². The van der Waals surface area contributed by atoms with E-state index in [0.29, 0.717) is 71.0 Å². The zero-order valence-electron chi connectivity index (χ0n) is 24.1. The van der Waals surface area contributed by atoms with Gasteiger partial charge in [0.1, 0.15) is 0 Å². The molecule has 1 unspecified atom stereocenters. The minimum atomic E-state index is -4.81. The molecule has 0 radical (unpaired) electrons. The van der Waals surface area contributed by atoms with Crippen LogP contribution in [0.1, 0.15) is 58.1 Å². The van der Waals surface area contributed by atoms with Crippen LogP contribution in [0.3, 0.4) is 0 Å². The SMILES string of the molecule is N#Cc1ccc2ccccc2c1C(=O)NC[C@@H](CCN1CCC(c2ccccc2S(=O)C(F)(F)F)CC1)c1ccc(Cl)c(Cl)c1. The van der Waals surface area contributed by atoms with Gasteiger partial charge >= 0.3 is 5.51 Å². The lowest BCUT2D eigenvalue weighted by Crippen LogP contribution is -2.36. The van der Waals surface area contributed by atoms with Crippen molar-refractivity contribution in [3.05, 3.63) is 111 Å². The summed E-state index contributed by atoms with van der Waals surface area (Å²) in [4.78, 5) is 15.6. The largest absolute Gasteiger partial charge is 0.475 e. The molecule has 0 saturated carbocycles. The molecule has 0 spiro atoms. The molecule has 5 rings (SSSR count). The zero-order valence-corrected chi connectivity index (χ0v) is 26.4. The van der Waals surface area contributed by atoms with E-state index in [-0.39, 0.29) is 29.2 Å². The lowest BCUT2D eigenvalue weighted by molar-refractivity contribution is -0.0385. The second kappa shape index (κ2) is 14.3. The number of nitriles is 1. The van der Waals surface area contributed by atoms with Crippen molar-refractivity contribution in [1.82, 2.24) is 10.2 Å². The topological polar surface area (TPSA) is 73.2 Å². The number of piperidine rings is 1. The minimum Gasteiger partial charge on any atom is -0.351 e. The third kappa shape index (κ3) is 7.70. The van der Waals surface area contributed by atoms with Gasteiger partial charge in [0, 0.05) is 12.5 Å². The summed E-state index contributed by atoms with van der Waals surface area (Å²) in [5.74, 6) is -0.593. The summed E-state index contributed by atoms with van der Waals surface area (Å²) >= 11 is 12.5. The Morgan fingerprint density at radius 3 is 2.42 bits per heavy atom. The molecule has 1 N–H and O–H groups in total. The molecule has 1 aliphatic heterocycles. The highest BCUT2D eigenvalue weighted by Gasteiger charge is 2.40. The summed E-state index contributed by atoms with van der Waals surface area (Å²) in [7, 11) is -3.07. The molecule has 1 aliphatic rings. The summed E-state index contributed by atoms with van der Waals surface area (Å²) in [5, 5.41) is 15.1. The Labute approximate surface area is 272 Å². The van der Waals surface area contributed by atoms with Crippen LogP contribution in [0.15, 0.2) is 83.8 Å². The van der Waals surface area contributed by atoms with Gasteiger partial charge in [0.2, 0.25) is 0 Å². The van der Waals surface area contributed by atoms with Crippen LogP contribution in [0.4, 0.5) is 13.2 Å². The molecule has 2 atom stereocenters. The number of amides is 1. The Morgan fingerprint density at radius 2 is 1.71 bits per heavy atom. The number of benzene rings is 4. The first kappa shape index (κ1) is 33.0. The standard InChI is InChI=1S/C34H30Cl2F3N3O2S/c35-29-12-11-24(19-30(29)36)26(21-41-33(43)32-25(20-40)10-9-22-5-1-2-7-28(22)32)15-18-42-16-13-23(14-17-42)27-6-3-4-8-31(27)45(44)34(37,38)39/h1-12,19,23,26H,13-18,21H2,(H,41,43)/t26-,45?/m1/s1. The van der Waals surface area contributed by atoms with E-state index < -0.39 is 16.3 Å². The number of fused-ring (bicyclic) bond motifs is 1. The molecule has 1 saturated heterocycles. The lowest BCUT2D eigenvalue weighted by Gasteiger charge is -2.34. The molecule has 4 aromatic rings. The number of carbonyl (C=O) groups is 1. The molecule has 1 amide bonds. The Morgan fingerprint density at radius 1 is 1.00 bits per heavy atom. The van der Waals surface area contributed by atoms with Gasteiger partial charge in [0.05, 0.1) is 32.1 Å². The van der Waals surface area contributed by atoms with Crippen molar-refractivity contribution in [2.24, 2.45) is 0 Å². The van der Waals surface area contributed by atoms with E-state index in [2.05, 4.69) is 16.3 Å². The maximum Gasteiger partial charge on any atom is 0.475 e. The van der Waals surface area contributed by atoms with Gasteiger partial charge in [-0.1, -0.05) is 77.8 Å². The van der Waals surface area contributed by atoms with E-state index in [1.165, 1.54) is 12.1 Å². The molecular weight excluding hydrogens is 642 g/mol. The average Bonchev–Trinajstić information content (AvgIpc) is 3.05. The fourth-order valence-corrected chi connectivity index (χ4v) is 7.19. The second-order valence-electron chi connectivity index (χ2n) is 11.1. The van der Waals surface area contributed by atoms with E-state index in [1.54, 1.807) is 30.3 Å². The lowest BCUT2D eigenvalue weighted by atomic mass is 9.88. The van der Waals surface area contributed by atoms with Crippen LogP contribution in [0.5, 0.6) is 0 Å². The Balaban J connectivity index is 1.28. The van der Waals surface area contributed by atoms with Crippen LogP contribution in [-0.2, 0) is 10.8 Å². The van der Waals surface area contributed by atoms with Crippen LogP contribution in [-0.4, -0.2) is 46.7 Å². The normalized spacial score (nSPS) is 15.8. The zero-order chi connectivity index (χ0) is 32.1. The van der Waals surface area contributed by atoms with Crippen LogP contribution in [0.2, 0.25) is 10.0 Å². The predicted molar refractivity (Wildman–Crippen MR) is 172 cm³/mol. The van der Waals surface area contributed by atoms with Gasteiger partial charge in [-0.3, -0.25) is 4.79 Å². The van der Waals surface area contributed by atoms with Gasteiger partial charge in [-0.25, -0.2) is 4.21 Å². The molecule has 234 valence electrons. The summed E-state index contributed by atoms with van der Waals surface area (Å²) < 4.78 is 51.9. The van der Waals surface area contributed by atoms with Crippen molar-refractivity contribution < 1.29 is 22.2 Å². The number of hydrogen-bond acceptors (Lipinski definition) is 4. The number of alkyl halides is 3. The predicted octanol–water partition coefficient (Wildman–Crippen LogP) is 8.43. The van der Waals surface area contributed by atoms with Gasteiger partial charge in [0.25, 0.3) is 5.91 Å². The molecule has 1 fully saturated rings. The van der Waals surface area contributed by atoms with Crippen LogP contribution in [0.25, 0.3) is 10.8 Å². The van der Waals surface area contributed by atoms with Gasteiger partial charge < -0.3 is 10.2 Å². The summed E-state index contributed by atoms with van der Waals surface area (Å²) in [5.41, 5.74) is -2.79. The van der Waals surface area contributed by atoms with Crippen molar-refractivity contribution in [2.45, 2.75) is 41.5 Å². The van der Waals surface area contributed by atoms with Crippen molar-refractivity contribution in [1.29, 1.82) is 5.26 Å². The first-order chi connectivity index (χ1) is 21.6. The van der Waals surface area contributed by atoms with Gasteiger partial charge in [-0.2, -0.15) is 18.4 Å².